The lowest BCUT2D eigenvalue weighted by molar-refractivity contribution is -0.129. The van der Waals surface area contributed by atoms with E-state index in [1.807, 2.05) is 97.1 Å². The highest BCUT2D eigenvalue weighted by Gasteiger charge is 2.53. The smallest absolute Gasteiger partial charge is 0.252 e. The second kappa shape index (κ2) is 15.2. The van der Waals surface area contributed by atoms with Gasteiger partial charge in [0.2, 0.25) is 5.90 Å². The molecule has 0 unspecified atom stereocenters. The number of amides is 1. The van der Waals surface area contributed by atoms with Crippen LogP contribution in [0.5, 0.6) is 5.75 Å². The van der Waals surface area contributed by atoms with Crippen molar-refractivity contribution in [2.45, 2.75) is 37.6 Å². The van der Waals surface area contributed by atoms with Crippen LogP contribution in [-0.4, -0.2) is 35.7 Å². The number of ether oxygens (including phenoxy) is 2. The number of fused-ring (bicyclic) bond motifs is 1. The van der Waals surface area contributed by atoms with E-state index < -0.39 is 11.6 Å². The Bertz CT molecular complexity index is 1970. The van der Waals surface area contributed by atoms with Crippen molar-refractivity contribution in [1.29, 1.82) is 0 Å². The number of aliphatic hydroxyl groups excluding tert-OH is 1. The molecule has 2 atom stereocenters. The van der Waals surface area contributed by atoms with Crippen LogP contribution in [0.1, 0.15) is 40.3 Å². The van der Waals surface area contributed by atoms with Crippen molar-refractivity contribution < 1.29 is 19.4 Å². The van der Waals surface area contributed by atoms with Crippen molar-refractivity contribution in [3.05, 3.63) is 158 Å². The van der Waals surface area contributed by atoms with Crippen LogP contribution in [0, 0.1) is 0 Å². The number of nitrogens with zero attached hydrogens (tertiary/aromatic N) is 4. The van der Waals surface area contributed by atoms with Gasteiger partial charge in [-0.2, -0.15) is 0 Å². The molecule has 0 saturated heterocycles. The van der Waals surface area contributed by atoms with Crippen molar-refractivity contribution in [1.82, 2.24) is 5.32 Å². The van der Waals surface area contributed by atoms with E-state index in [0.717, 1.165) is 37.5 Å². The number of rotatable bonds is 13. The summed E-state index contributed by atoms with van der Waals surface area (Å²) in [7, 11) is 0. The van der Waals surface area contributed by atoms with Crippen LogP contribution in [0.25, 0.3) is 21.2 Å². The van der Waals surface area contributed by atoms with Gasteiger partial charge in [-0.3, -0.25) is 4.79 Å². The SMILES string of the molecule is [N-]=[N+]=NCc1ccccc1C[C@@]1(C(=O)NCc2cccc3ccccc23)N=C(c2ccc(OCCCO)cc2)O[C@@H]1c1ccc(Br)cc1. The number of hydrogen-bond acceptors (Lipinski definition) is 6. The Kier molecular flexibility index (Phi) is 10.4. The number of halogens is 1. The number of nitrogens with one attached hydrogen (secondary N) is 1. The zero-order valence-electron chi connectivity index (χ0n) is 26.1. The van der Waals surface area contributed by atoms with Crippen LogP contribution >= 0.6 is 15.9 Å². The number of benzene rings is 5. The first kappa shape index (κ1) is 32.8. The van der Waals surface area contributed by atoms with E-state index in [4.69, 9.17) is 25.1 Å². The lowest BCUT2D eigenvalue weighted by Gasteiger charge is -2.31. The van der Waals surface area contributed by atoms with Gasteiger partial charge in [0, 0.05) is 40.9 Å². The normalized spacial score (nSPS) is 16.9. The molecule has 5 aromatic carbocycles. The minimum Gasteiger partial charge on any atom is -0.494 e. The lowest BCUT2D eigenvalue weighted by atomic mass is 9.81. The minimum atomic E-state index is -1.42. The quantitative estimate of drug-likeness (QED) is 0.0557. The monoisotopic (exact) mass is 703 g/mol. The Morgan fingerprint density at radius 2 is 1.65 bits per heavy atom. The summed E-state index contributed by atoms with van der Waals surface area (Å²) in [6, 6.07) is 36.8. The van der Waals surface area contributed by atoms with Crippen molar-refractivity contribution in [3.63, 3.8) is 0 Å². The number of carbonyl (C=O) groups is 1. The average molecular weight is 705 g/mol. The summed E-state index contributed by atoms with van der Waals surface area (Å²) in [6.45, 7) is 0.879. The van der Waals surface area contributed by atoms with Gasteiger partial charge in [-0.05, 0) is 75.0 Å². The Hall–Kier alpha value is -5.15. The molecule has 0 radical (unpaired) electrons. The second-order valence-corrected chi connectivity index (χ2v) is 12.4. The third-order valence-electron chi connectivity index (χ3n) is 8.40. The molecule has 0 aliphatic carbocycles. The standard InChI is InChI=1S/C38H34BrN5O4/c39-32-17-13-27(14-18-32)35-38(23-29-8-1-2-9-30(29)25-42-44-40,37(46)41-24-31-11-5-10-26-7-3-4-12-34(26)31)43-36(48-35)28-15-19-33(20-16-28)47-22-6-21-45/h1-5,7-20,35,45H,6,21-25H2,(H,41,46)/t35-,38-/m1/s1. The molecule has 9 nitrogen and oxygen atoms in total. The number of azide groups is 1. The molecule has 242 valence electrons. The van der Waals surface area contributed by atoms with Crippen LogP contribution in [0.2, 0.25) is 0 Å². The van der Waals surface area contributed by atoms with Gasteiger partial charge in [-0.1, -0.05) is 99.9 Å². The molecule has 10 heteroatoms. The average Bonchev–Trinajstić information content (AvgIpc) is 3.51. The summed E-state index contributed by atoms with van der Waals surface area (Å²) >= 11 is 3.53. The van der Waals surface area contributed by atoms with Crippen LogP contribution in [0.15, 0.2) is 130 Å². The summed E-state index contributed by atoms with van der Waals surface area (Å²) in [4.78, 5) is 22.9. The minimum absolute atomic E-state index is 0.0524. The Labute approximate surface area is 287 Å². The predicted octanol–water partition coefficient (Wildman–Crippen LogP) is 7.99. The van der Waals surface area contributed by atoms with Gasteiger partial charge in [-0.15, -0.1) is 0 Å². The molecule has 5 aromatic rings. The Morgan fingerprint density at radius 1 is 0.938 bits per heavy atom. The third kappa shape index (κ3) is 7.21. The molecule has 1 heterocycles. The fourth-order valence-corrected chi connectivity index (χ4v) is 6.24. The molecule has 48 heavy (non-hydrogen) atoms. The molecule has 0 aromatic heterocycles. The predicted molar refractivity (Wildman–Crippen MR) is 190 cm³/mol. The second-order valence-electron chi connectivity index (χ2n) is 11.5. The summed E-state index contributed by atoms with van der Waals surface area (Å²) in [6.07, 6.45) is -0.0525. The van der Waals surface area contributed by atoms with Crippen molar-refractivity contribution in [2.24, 2.45) is 10.1 Å². The zero-order valence-corrected chi connectivity index (χ0v) is 27.7. The van der Waals surface area contributed by atoms with Crippen LogP contribution in [-0.2, 0) is 29.0 Å². The van der Waals surface area contributed by atoms with Gasteiger partial charge in [0.25, 0.3) is 5.91 Å². The molecule has 1 amide bonds. The molecule has 6 rings (SSSR count). The first-order chi connectivity index (χ1) is 23.5. The molecule has 0 saturated carbocycles. The summed E-state index contributed by atoms with van der Waals surface area (Å²) < 4.78 is 13.3. The van der Waals surface area contributed by atoms with Gasteiger partial charge in [0.05, 0.1) is 13.2 Å². The molecule has 0 bridgehead atoms. The highest BCUT2D eigenvalue weighted by molar-refractivity contribution is 9.10. The van der Waals surface area contributed by atoms with Gasteiger partial charge >= 0.3 is 0 Å². The van der Waals surface area contributed by atoms with E-state index in [0.29, 0.717) is 36.8 Å². The molecular weight excluding hydrogens is 670 g/mol. The first-order valence-electron chi connectivity index (χ1n) is 15.7. The highest BCUT2D eigenvalue weighted by atomic mass is 79.9. The van der Waals surface area contributed by atoms with Gasteiger partial charge < -0.3 is 19.9 Å². The topological polar surface area (TPSA) is 129 Å². The maximum absolute atomic E-state index is 14.8. The molecule has 1 aliphatic heterocycles. The first-order valence-corrected chi connectivity index (χ1v) is 16.5. The van der Waals surface area contributed by atoms with Crippen LogP contribution in [0.3, 0.4) is 0 Å². The maximum Gasteiger partial charge on any atom is 0.252 e. The van der Waals surface area contributed by atoms with Crippen molar-refractivity contribution in [2.75, 3.05) is 13.2 Å². The Morgan fingerprint density at radius 3 is 2.42 bits per heavy atom. The summed E-state index contributed by atoms with van der Waals surface area (Å²) in [5.74, 6) is 0.694. The highest BCUT2D eigenvalue weighted by Crippen LogP contribution is 2.43. The largest absolute Gasteiger partial charge is 0.494 e. The van der Waals surface area contributed by atoms with E-state index in [1.165, 1.54) is 0 Å². The third-order valence-corrected chi connectivity index (χ3v) is 8.93. The molecular formula is C38H34BrN5O4. The van der Waals surface area contributed by atoms with E-state index in [2.05, 4.69) is 49.5 Å². The lowest BCUT2D eigenvalue weighted by Crippen LogP contribution is -2.49. The number of hydrogen-bond donors (Lipinski definition) is 2. The van der Waals surface area contributed by atoms with Gasteiger partial charge in [0.1, 0.15) is 5.75 Å². The number of aliphatic imine (C=N–C) groups is 1. The zero-order chi connectivity index (χ0) is 33.3. The van der Waals surface area contributed by atoms with Crippen LogP contribution < -0.4 is 10.1 Å². The Balaban J connectivity index is 1.44. The molecule has 1 aliphatic rings. The molecule has 0 fully saturated rings. The van der Waals surface area contributed by atoms with Gasteiger partial charge in [-0.25, -0.2) is 4.99 Å². The molecule has 2 N–H and O–H groups in total. The number of aliphatic hydroxyl groups is 1. The van der Waals surface area contributed by atoms with Crippen molar-refractivity contribution in [3.8, 4) is 5.75 Å². The fraction of sp³-hybridized carbons (Fsp3) is 0.211. The van der Waals surface area contributed by atoms with Gasteiger partial charge in [0.15, 0.2) is 11.6 Å². The molecule has 0 spiro atoms. The van der Waals surface area contributed by atoms with Crippen LogP contribution in [0.4, 0.5) is 0 Å². The maximum atomic E-state index is 14.8. The van der Waals surface area contributed by atoms with E-state index in [1.54, 1.807) is 0 Å². The van der Waals surface area contributed by atoms with E-state index >= 15 is 0 Å². The van der Waals surface area contributed by atoms with E-state index in [9.17, 15) is 4.79 Å². The summed E-state index contributed by atoms with van der Waals surface area (Å²) in [5, 5.41) is 18.3. The fourth-order valence-electron chi connectivity index (χ4n) is 5.98. The number of carbonyl (C=O) groups excluding carboxylic acids is 1. The van der Waals surface area contributed by atoms with Crippen molar-refractivity contribution >= 4 is 38.5 Å². The van der Waals surface area contributed by atoms with E-state index in [-0.39, 0.29) is 25.5 Å². The summed E-state index contributed by atoms with van der Waals surface area (Å²) in [5.41, 5.74) is 11.8.